The number of nitrogens with zero attached hydrogens (tertiary/aromatic N) is 7. The molecule has 0 saturated carbocycles. The van der Waals surface area contributed by atoms with Gasteiger partial charge < -0.3 is 20.6 Å². The summed E-state index contributed by atoms with van der Waals surface area (Å²) in [6, 6.07) is 2.71. The van der Waals surface area contributed by atoms with Crippen LogP contribution in [0.2, 0.25) is 0 Å². The average molecular weight is 467 g/mol. The van der Waals surface area contributed by atoms with Gasteiger partial charge in [0.15, 0.2) is 5.82 Å². The number of hydrogen-bond acceptors (Lipinski definition) is 9. The largest absolute Gasteiger partial charge is 0.478 e. The Kier molecular flexibility index (Phi) is 6.92. The third-order valence-electron chi connectivity index (χ3n) is 5.63. The second-order valence-corrected chi connectivity index (χ2v) is 7.82. The molecule has 34 heavy (non-hydrogen) atoms. The van der Waals surface area contributed by atoms with Gasteiger partial charge in [-0.1, -0.05) is 0 Å². The summed E-state index contributed by atoms with van der Waals surface area (Å²) in [6.07, 6.45) is 6.53. The number of H-pyrrole nitrogens is 1. The molecule has 0 atom stereocenters. The number of amides is 1. The van der Waals surface area contributed by atoms with Crippen molar-refractivity contribution in [2.24, 2.45) is 5.73 Å². The van der Waals surface area contributed by atoms with Crippen LogP contribution in [0.15, 0.2) is 23.1 Å². The molecule has 1 saturated heterocycles. The maximum Gasteiger partial charge on any atom is 0.335 e. The van der Waals surface area contributed by atoms with E-state index in [0.717, 1.165) is 12.8 Å². The molecule has 0 spiro atoms. The Morgan fingerprint density at radius 3 is 2.65 bits per heavy atom. The number of aromatic amines is 1. The van der Waals surface area contributed by atoms with Crippen molar-refractivity contribution >= 4 is 35.5 Å². The lowest BCUT2D eigenvalue weighted by Gasteiger charge is -2.36. The predicted octanol–water partition coefficient (Wildman–Crippen LogP) is -0.146. The van der Waals surface area contributed by atoms with Gasteiger partial charge in [-0.25, -0.2) is 9.78 Å². The molecule has 13 nitrogen and oxygen atoms in total. The number of carbonyl (C=O) groups excluding carboxylic acids is 1. The number of aromatic carboxylic acids is 1. The number of carboxylic acids is 1. The lowest BCUT2D eigenvalue weighted by Crippen LogP contribution is -2.49. The summed E-state index contributed by atoms with van der Waals surface area (Å²) in [7, 11) is 0. The summed E-state index contributed by atoms with van der Waals surface area (Å²) in [6.45, 7) is 2.51. The topological polar surface area (TPSA) is 176 Å². The minimum atomic E-state index is -1.11. The highest BCUT2D eigenvalue weighted by Gasteiger charge is 2.24. The normalized spacial score (nSPS) is 14.3. The number of nitrogens with two attached hydrogens (primary N) is 1. The number of piperazine rings is 1. The van der Waals surface area contributed by atoms with Crippen molar-refractivity contribution in [3.63, 3.8) is 0 Å². The maximum absolute atomic E-state index is 13.3. The standard InChI is InChI=1S/C21H25N9O4/c22-7-2-1-3-18(31)28-9-11-29(12-10-28)19-15(4-5-16-24-26-27-25-16)20(32)30-8-6-14(21(33)34)13-17(30)23-19/h4-6,8,13H,1-3,7,9-12,22H2,(H,33,34)(H,24,25,26,27). The molecule has 13 heteroatoms. The maximum atomic E-state index is 13.3. The van der Waals surface area contributed by atoms with Gasteiger partial charge in [0, 0.05) is 38.8 Å². The first-order valence-corrected chi connectivity index (χ1v) is 10.9. The highest BCUT2D eigenvalue weighted by Crippen LogP contribution is 2.21. The van der Waals surface area contributed by atoms with Crippen LogP contribution in [0.1, 0.15) is 41.0 Å². The Morgan fingerprint density at radius 1 is 1.18 bits per heavy atom. The van der Waals surface area contributed by atoms with Gasteiger partial charge >= 0.3 is 5.97 Å². The number of rotatable bonds is 8. The zero-order valence-corrected chi connectivity index (χ0v) is 18.4. The Hall–Kier alpha value is -4.13. The number of hydrogen-bond donors (Lipinski definition) is 3. The first kappa shape index (κ1) is 23.0. The average Bonchev–Trinajstić information content (AvgIpc) is 3.37. The van der Waals surface area contributed by atoms with Crippen LogP contribution in [-0.4, -0.2) is 84.6 Å². The predicted molar refractivity (Wildman–Crippen MR) is 123 cm³/mol. The fraction of sp³-hybridized carbons (Fsp3) is 0.381. The van der Waals surface area contributed by atoms with E-state index in [1.807, 2.05) is 4.90 Å². The molecule has 178 valence electrons. The summed E-state index contributed by atoms with van der Waals surface area (Å²) in [5.41, 5.74) is 5.69. The van der Waals surface area contributed by atoms with Crippen LogP contribution in [0.25, 0.3) is 17.8 Å². The van der Waals surface area contributed by atoms with E-state index in [1.54, 1.807) is 17.1 Å². The van der Waals surface area contributed by atoms with E-state index in [9.17, 15) is 19.5 Å². The van der Waals surface area contributed by atoms with E-state index in [0.29, 0.717) is 56.4 Å². The number of carboxylic acid groups (broad SMARTS) is 1. The monoisotopic (exact) mass is 467 g/mol. The summed E-state index contributed by atoms with van der Waals surface area (Å²) >= 11 is 0. The second kappa shape index (κ2) is 10.2. The third-order valence-corrected chi connectivity index (χ3v) is 5.63. The van der Waals surface area contributed by atoms with E-state index >= 15 is 0 Å². The zero-order chi connectivity index (χ0) is 24.1. The van der Waals surface area contributed by atoms with E-state index < -0.39 is 5.97 Å². The van der Waals surface area contributed by atoms with Gasteiger partial charge in [0.05, 0.1) is 11.1 Å². The van der Waals surface area contributed by atoms with Gasteiger partial charge in [-0.15, -0.1) is 10.2 Å². The van der Waals surface area contributed by atoms with Crippen LogP contribution in [0.4, 0.5) is 5.82 Å². The molecule has 0 aromatic carbocycles. The molecule has 0 aliphatic carbocycles. The van der Waals surface area contributed by atoms with Crippen molar-refractivity contribution in [2.75, 3.05) is 37.6 Å². The number of aromatic nitrogens is 6. The summed E-state index contributed by atoms with van der Waals surface area (Å²) < 4.78 is 1.29. The summed E-state index contributed by atoms with van der Waals surface area (Å²) in [5, 5.41) is 22.9. The number of nitrogens with one attached hydrogen (secondary N) is 1. The fourth-order valence-electron chi connectivity index (χ4n) is 3.80. The number of fused-ring (bicyclic) bond motifs is 1. The molecule has 1 amide bonds. The number of anilines is 1. The van der Waals surface area contributed by atoms with Gasteiger partial charge in [0.1, 0.15) is 11.5 Å². The number of tetrazole rings is 1. The van der Waals surface area contributed by atoms with Crippen molar-refractivity contribution in [3.8, 4) is 0 Å². The van der Waals surface area contributed by atoms with Gasteiger partial charge in [-0.05, 0) is 48.9 Å². The second-order valence-electron chi connectivity index (χ2n) is 7.82. The number of carbonyl (C=O) groups is 2. The minimum absolute atomic E-state index is 0.0286. The molecule has 1 aliphatic rings. The third kappa shape index (κ3) is 4.93. The van der Waals surface area contributed by atoms with E-state index in [4.69, 9.17) is 5.73 Å². The van der Waals surface area contributed by atoms with Crippen molar-refractivity contribution in [1.82, 2.24) is 34.9 Å². The molecular formula is C21H25N9O4. The zero-order valence-electron chi connectivity index (χ0n) is 18.4. The van der Waals surface area contributed by atoms with Gasteiger partial charge in [-0.2, -0.15) is 5.21 Å². The fourth-order valence-corrected chi connectivity index (χ4v) is 3.80. The summed E-state index contributed by atoms with van der Waals surface area (Å²) in [5.74, 6) is -0.323. The minimum Gasteiger partial charge on any atom is -0.478 e. The first-order valence-electron chi connectivity index (χ1n) is 10.9. The van der Waals surface area contributed by atoms with Crippen LogP contribution in [0, 0.1) is 0 Å². The van der Waals surface area contributed by atoms with Crippen LogP contribution in [-0.2, 0) is 4.79 Å². The lowest BCUT2D eigenvalue weighted by atomic mass is 10.2. The van der Waals surface area contributed by atoms with Crippen molar-refractivity contribution in [1.29, 1.82) is 0 Å². The van der Waals surface area contributed by atoms with E-state index in [-0.39, 0.29) is 22.7 Å². The van der Waals surface area contributed by atoms with Crippen LogP contribution >= 0.6 is 0 Å². The highest BCUT2D eigenvalue weighted by molar-refractivity contribution is 5.89. The highest BCUT2D eigenvalue weighted by atomic mass is 16.4. The Balaban J connectivity index is 1.66. The van der Waals surface area contributed by atoms with Gasteiger partial charge in [0.25, 0.3) is 5.56 Å². The Labute approximate surface area is 193 Å². The Bertz CT molecular complexity index is 1260. The smallest absolute Gasteiger partial charge is 0.335 e. The van der Waals surface area contributed by atoms with Crippen molar-refractivity contribution in [3.05, 3.63) is 45.6 Å². The van der Waals surface area contributed by atoms with Crippen molar-refractivity contribution < 1.29 is 14.7 Å². The lowest BCUT2D eigenvalue weighted by molar-refractivity contribution is -0.131. The number of unbranched alkanes of at least 4 members (excludes halogenated alkanes) is 1. The van der Waals surface area contributed by atoms with Crippen LogP contribution < -0.4 is 16.2 Å². The van der Waals surface area contributed by atoms with Crippen molar-refractivity contribution in [2.45, 2.75) is 19.3 Å². The molecular weight excluding hydrogens is 442 g/mol. The molecule has 0 radical (unpaired) electrons. The van der Waals surface area contributed by atoms with Crippen LogP contribution in [0.3, 0.4) is 0 Å². The Morgan fingerprint density at radius 2 is 1.97 bits per heavy atom. The van der Waals surface area contributed by atoms with Gasteiger partial charge in [-0.3, -0.25) is 14.0 Å². The molecule has 1 aliphatic heterocycles. The molecule has 4 heterocycles. The van der Waals surface area contributed by atoms with E-state index in [1.165, 1.54) is 22.7 Å². The molecule has 3 aromatic heterocycles. The molecule has 0 unspecified atom stereocenters. The van der Waals surface area contributed by atoms with E-state index in [2.05, 4.69) is 25.6 Å². The molecule has 1 fully saturated rings. The molecule has 3 aromatic rings. The van der Waals surface area contributed by atoms with Gasteiger partial charge in [0.2, 0.25) is 5.91 Å². The molecule has 4 N–H and O–H groups in total. The summed E-state index contributed by atoms with van der Waals surface area (Å²) in [4.78, 5) is 45.5. The quantitative estimate of drug-likeness (QED) is 0.378. The molecule has 0 bridgehead atoms. The molecule has 4 rings (SSSR count). The SMILES string of the molecule is NCCCCC(=O)N1CCN(c2nc3cc(C(=O)O)ccn3c(=O)c2C=Cc2nn[nH]n2)CC1. The van der Waals surface area contributed by atoms with Crippen LogP contribution in [0.5, 0.6) is 0 Å². The first-order chi connectivity index (χ1) is 16.5. The number of pyridine rings is 1.